The third-order valence-electron chi connectivity index (χ3n) is 3.95. The first-order valence-corrected chi connectivity index (χ1v) is 8.64. The van der Waals surface area contributed by atoms with Crippen molar-refractivity contribution in [2.24, 2.45) is 0 Å². The average molecular weight is 342 g/mol. The van der Waals surface area contributed by atoms with E-state index in [4.69, 9.17) is 21.1 Å². The molecule has 0 N–H and O–H groups in total. The molecule has 0 bridgehead atoms. The molecule has 1 aliphatic rings. The molecule has 5 nitrogen and oxygen atoms in total. The molecule has 0 aromatic carbocycles. The Hall–Kier alpha value is -0.950. The van der Waals surface area contributed by atoms with Gasteiger partial charge in [0.05, 0.1) is 18.6 Å². The number of anilines is 1. The van der Waals surface area contributed by atoms with Gasteiger partial charge in [0.2, 0.25) is 5.28 Å². The molecular weight excluding hydrogens is 322 g/mol. The molecule has 7 heteroatoms. The van der Waals surface area contributed by atoms with Crippen LogP contribution in [0.2, 0.25) is 5.28 Å². The molecule has 120 valence electrons. The van der Waals surface area contributed by atoms with Crippen LogP contribution in [-0.4, -0.2) is 50.5 Å². The van der Waals surface area contributed by atoms with Gasteiger partial charge in [-0.2, -0.15) is 4.98 Å². The summed E-state index contributed by atoms with van der Waals surface area (Å²) in [6, 6.07) is 0. The molecular formula is C15H20ClN3O2S. The Bertz CT molecular complexity index is 654. The maximum atomic E-state index is 6.15. The van der Waals surface area contributed by atoms with Crippen LogP contribution in [0, 0.1) is 0 Å². The lowest BCUT2D eigenvalue weighted by Gasteiger charge is -2.24. The summed E-state index contributed by atoms with van der Waals surface area (Å²) in [5, 5.41) is 1.48. The maximum absolute atomic E-state index is 6.15. The zero-order chi connectivity index (χ0) is 15.5. The molecule has 0 saturated heterocycles. The number of nitrogens with zero attached hydrogens (tertiary/aromatic N) is 3. The highest BCUT2D eigenvalue weighted by Gasteiger charge is 2.24. The maximum Gasteiger partial charge on any atom is 0.225 e. The van der Waals surface area contributed by atoms with Gasteiger partial charge >= 0.3 is 0 Å². The number of rotatable bonds is 7. The fourth-order valence-corrected chi connectivity index (χ4v) is 4.38. The molecule has 0 spiro atoms. The summed E-state index contributed by atoms with van der Waals surface area (Å²) in [6.07, 6.45) is 3.47. The molecule has 0 fully saturated rings. The van der Waals surface area contributed by atoms with Crippen LogP contribution in [0.1, 0.15) is 16.9 Å². The Labute approximate surface area is 139 Å². The second-order valence-electron chi connectivity index (χ2n) is 5.33. The summed E-state index contributed by atoms with van der Waals surface area (Å²) in [6.45, 7) is 2.79. The van der Waals surface area contributed by atoms with Crippen molar-refractivity contribution in [3.8, 4) is 0 Å². The smallest absolute Gasteiger partial charge is 0.225 e. The molecule has 0 unspecified atom stereocenters. The summed E-state index contributed by atoms with van der Waals surface area (Å²) < 4.78 is 10.5. The van der Waals surface area contributed by atoms with Crippen LogP contribution in [0.3, 0.4) is 0 Å². The molecule has 1 aliphatic carbocycles. The summed E-state index contributed by atoms with van der Waals surface area (Å²) in [5.74, 6) is 0.920. The van der Waals surface area contributed by atoms with Crippen molar-refractivity contribution in [1.82, 2.24) is 9.97 Å². The number of aromatic nitrogens is 2. The SMILES string of the molecule is COCCN(CCOC)c1nc(Cl)nc2sc3c(c12)CCC3. The minimum Gasteiger partial charge on any atom is -0.383 e. The van der Waals surface area contributed by atoms with Gasteiger partial charge in [-0.1, -0.05) is 0 Å². The number of methoxy groups -OCH3 is 2. The Kier molecular flexibility index (Phi) is 5.13. The fourth-order valence-electron chi connectivity index (χ4n) is 2.91. The van der Waals surface area contributed by atoms with Gasteiger partial charge in [-0.15, -0.1) is 11.3 Å². The molecule has 0 amide bonds. The van der Waals surface area contributed by atoms with E-state index in [0.717, 1.165) is 36.6 Å². The number of ether oxygens (including phenoxy) is 2. The van der Waals surface area contributed by atoms with Crippen molar-refractivity contribution in [3.05, 3.63) is 15.7 Å². The van der Waals surface area contributed by atoms with Crippen molar-refractivity contribution >= 4 is 39.0 Å². The van der Waals surface area contributed by atoms with Gasteiger partial charge in [0, 0.05) is 32.2 Å². The minimum absolute atomic E-state index is 0.308. The second-order valence-corrected chi connectivity index (χ2v) is 6.75. The van der Waals surface area contributed by atoms with Gasteiger partial charge in [0.25, 0.3) is 0 Å². The predicted octanol–water partition coefficient (Wildman–Crippen LogP) is 2.93. The van der Waals surface area contributed by atoms with Crippen LogP contribution in [0.15, 0.2) is 0 Å². The standard InChI is InChI=1S/C15H20ClN3O2S/c1-20-8-6-19(7-9-21-2)13-12-10-4-3-5-11(10)22-14(12)18-15(16)17-13/h3-9H2,1-2H3. The van der Waals surface area contributed by atoms with E-state index in [1.165, 1.54) is 22.2 Å². The molecule has 0 atom stereocenters. The summed E-state index contributed by atoms with van der Waals surface area (Å²) in [4.78, 5) is 13.6. The van der Waals surface area contributed by atoms with Gasteiger partial charge < -0.3 is 14.4 Å². The first-order chi connectivity index (χ1) is 10.7. The molecule has 0 radical (unpaired) electrons. The lowest BCUT2D eigenvalue weighted by Crippen LogP contribution is -2.31. The van der Waals surface area contributed by atoms with E-state index in [1.807, 2.05) is 0 Å². The molecule has 2 heterocycles. The van der Waals surface area contributed by atoms with Crippen LogP contribution >= 0.6 is 22.9 Å². The van der Waals surface area contributed by atoms with E-state index in [9.17, 15) is 0 Å². The molecule has 22 heavy (non-hydrogen) atoms. The van der Waals surface area contributed by atoms with E-state index < -0.39 is 0 Å². The van der Waals surface area contributed by atoms with Crippen LogP contribution in [-0.2, 0) is 22.3 Å². The normalized spacial score (nSPS) is 13.8. The summed E-state index contributed by atoms with van der Waals surface area (Å²) in [7, 11) is 3.42. The highest BCUT2D eigenvalue weighted by atomic mass is 35.5. The number of halogens is 1. The van der Waals surface area contributed by atoms with E-state index in [-0.39, 0.29) is 0 Å². The Morgan fingerprint density at radius 1 is 1.14 bits per heavy atom. The van der Waals surface area contributed by atoms with Crippen LogP contribution in [0.4, 0.5) is 5.82 Å². The van der Waals surface area contributed by atoms with Gasteiger partial charge in [0.1, 0.15) is 10.6 Å². The monoisotopic (exact) mass is 341 g/mol. The molecule has 2 aromatic heterocycles. The Balaban J connectivity index is 2.05. The number of thiophene rings is 1. The molecule has 2 aromatic rings. The average Bonchev–Trinajstić information content (AvgIpc) is 3.07. The van der Waals surface area contributed by atoms with E-state index >= 15 is 0 Å². The van der Waals surface area contributed by atoms with Crippen molar-refractivity contribution in [2.45, 2.75) is 19.3 Å². The van der Waals surface area contributed by atoms with E-state index in [1.54, 1.807) is 25.6 Å². The fraction of sp³-hybridized carbons (Fsp3) is 0.600. The third-order valence-corrected chi connectivity index (χ3v) is 5.30. The van der Waals surface area contributed by atoms with E-state index in [0.29, 0.717) is 18.5 Å². The zero-order valence-corrected chi connectivity index (χ0v) is 14.5. The molecule has 3 rings (SSSR count). The first-order valence-electron chi connectivity index (χ1n) is 7.45. The summed E-state index contributed by atoms with van der Waals surface area (Å²) in [5.41, 5.74) is 1.41. The highest BCUT2D eigenvalue weighted by molar-refractivity contribution is 7.19. The molecule has 0 aliphatic heterocycles. The van der Waals surface area contributed by atoms with Crippen molar-refractivity contribution in [1.29, 1.82) is 0 Å². The van der Waals surface area contributed by atoms with Gasteiger partial charge in [0.15, 0.2) is 0 Å². The largest absolute Gasteiger partial charge is 0.383 e. The van der Waals surface area contributed by atoms with Crippen molar-refractivity contribution in [3.63, 3.8) is 0 Å². The zero-order valence-electron chi connectivity index (χ0n) is 12.9. The van der Waals surface area contributed by atoms with Crippen LogP contribution in [0.5, 0.6) is 0 Å². The number of hydrogen-bond donors (Lipinski definition) is 0. The molecule has 0 saturated carbocycles. The summed E-state index contributed by atoms with van der Waals surface area (Å²) >= 11 is 7.91. The van der Waals surface area contributed by atoms with Crippen molar-refractivity contribution in [2.75, 3.05) is 45.4 Å². The lowest BCUT2D eigenvalue weighted by molar-refractivity contribution is 0.190. The van der Waals surface area contributed by atoms with Gasteiger partial charge in [-0.25, -0.2) is 4.98 Å². The van der Waals surface area contributed by atoms with Crippen molar-refractivity contribution < 1.29 is 9.47 Å². The topological polar surface area (TPSA) is 47.5 Å². The van der Waals surface area contributed by atoms with Crippen LogP contribution < -0.4 is 4.90 Å². The van der Waals surface area contributed by atoms with Crippen LogP contribution in [0.25, 0.3) is 10.2 Å². The Morgan fingerprint density at radius 3 is 2.55 bits per heavy atom. The third kappa shape index (κ3) is 3.06. The number of hydrogen-bond acceptors (Lipinski definition) is 6. The number of aryl methyl sites for hydroxylation is 2. The van der Waals surface area contributed by atoms with Gasteiger partial charge in [-0.05, 0) is 36.4 Å². The lowest BCUT2D eigenvalue weighted by atomic mass is 10.2. The second kappa shape index (κ2) is 7.08. The first kappa shape index (κ1) is 15.9. The quantitative estimate of drug-likeness (QED) is 0.725. The predicted molar refractivity (Wildman–Crippen MR) is 90.4 cm³/mol. The Morgan fingerprint density at radius 2 is 1.86 bits per heavy atom. The number of fused-ring (bicyclic) bond motifs is 3. The van der Waals surface area contributed by atoms with Gasteiger partial charge in [-0.3, -0.25) is 0 Å². The van der Waals surface area contributed by atoms with E-state index in [2.05, 4.69) is 14.9 Å². The highest BCUT2D eigenvalue weighted by Crippen LogP contribution is 2.40. The minimum atomic E-state index is 0.308.